The van der Waals surface area contributed by atoms with Crippen LogP contribution in [-0.4, -0.2) is 42.9 Å². The van der Waals surface area contributed by atoms with E-state index in [0.29, 0.717) is 19.5 Å². The highest BCUT2D eigenvalue weighted by Crippen LogP contribution is 2.19. The third-order valence-electron chi connectivity index (χ3n) is 3.52. The normalized spacial score (nSPS) is 23.2. The summed E-state index contributed by atoms with van der Waals surface area (Å²) < 4.78 is 28.4. The number of hydrogen-bond acceptors (Lipinski definition) is 3. The summed E-state index contributed by atoms with van der Waals surface area (Å²) in [5.74, 6) is -0.828. The molecule has 0 aromatic rings. The molecule has 1 aliphatic rings. The Kier molecular flexibility index (Phi) is 6.22. The summed E-state index contributed by atoms with van der Waals surface area (Å²) in [6.45, 7) is 4.64. The lowest BCUT2D eigenvalue weighted by Gasteiger charge is -2.32. The van der Waals surface area contributed by atoms with E-state index in [1.165, 1.54) is 4.31 Å². The maximum absolute atomic E-state index is 12.1. The van der Waals surface area contributed by atoms with Gasteiger partial charge in [0.2, 0.25) is 0 Å². The fraction of sp³-hybridized carbons (Fsp3) is 0.917. The summed E-state index contributed by atoms with van der Waals surface area (Å²) in [6, 6.07) is 0.0422. The van der Waals surface area contributed by atoms with E-state index in [1.54, 1.807) is 0 Å². The van der Waals surface area contributed by atoms with Crippen LogP contribution in [0.3, 0.4) is 0 Å². The summed E-state index contributed by atoms with van der Waals surface area (Å²) in [4.78, 5) is 10.4. The van der Waals surface area contributed by atoms with E-state index in [1.807, 2.05) is 13.8 Å². The zero-order valence-corrected chi connectivity index (χ0v) is 12.4. The summed E-state index contributed by atoms with van der Waals surface area (Å²) in [5, 5.41) is 8.58. The Morgan fingerprint density at radius 1 is 1.47 bits per heavy atom. The second-order valence-corrected chi connectivity index (χ2v) is 7.05. The lowest BCUT2D eigenvalue weighted by Crippen LogP contribution is -2.48. The van der Waals surface area contributed by atoms with Crippen molar-refractivity contribution in [2.45, 2.75) is 52.0 Å². The zero-order valence-electron chi connectivity index (χ0n) is 11.6. The number of rotatable bonds is 7. The molecule has 1 saturated heterocycles. The highest BCUT2D eigenvalue weighted by Gasteiger charge is 2.29. The quantitative estimate of drug-likeness (QED) is 0.738. The number of piperidine rings is 1. The van der Waals surface area contributed by atoms with Crippen LogP contribution in [0.5, 0.6) is 0 Å². The molecule has 1 heterocycles. The number of carbonyl (C=O) groups is 1. The van der Waals surface area contributed by atoms with Gasteiger partial charge >= 0.3 is 5.97 Å². The number of nitrogens with zero attached hydrogens (tertiary/aromatic N) is 1. The summed E-state index contributed by atoms with van der Waals surface area (Å²) in [6.07, 6.45) is 3.42. The van der Waals surface area contributed by atoms with Crippen LogP contribution in [0.15, 0.2) is 0 Å². The minimum atomic E-state index is -3.43. The van der Waals surface area contributed by atoms with Gasteiger partial charge in [0.25, 0.3) is 10.2 Å². The Morgan fingerprint density at radius 2 is 2.16 bits per heavy atom. The van der Waals surface area contributed by atoms with Crippen LogP contribution in [0.4, 0.5) is 0 Å². The minimum Gasteiger partial charge on any atom is -0.481 e. The molecule has 0 aromatic carbocycles. The van der Waals surface area contributed by atoms with Crippen molar-refractivity contribution in [3.8, 4) is 0 Å². The summed E-state index contributed by atoms with van der Waals surface area (Å²) in [7, 11) is -3.43. The molecule has 2 N–H and O–H groups in total. The molecule has 19 heavy (non-hydrogen) atoms. The lowest BCUT2D eigenvalue weighted by molar-refractivity contribution is -0.137. The van der Waals surface area contributed by atoms with Gasteiger partial charge in [0, 0.05) is 25.6 Å². The van der Waals surface area contributed by atoms with Crippen molar-refractivity contribution in [1.29, 1.82) is 0 Å². The highest BCUT2D eigenvalue weighted by atomic mass is 32.2. The van der Waals surface area contributed by atoms with Crippen LogP contribution in [0.1, 0.15) is 46.0 Å². The van der Waals surface area contributed by atoms with Crippen molar-refractivity contribution in [3.63, 3.8) is 0 Å². The molecule has 112 valence electrons. The molecule has 2 unspecified atom stereocenters. The van der Waals surface area contributed by atoms with E-state index < -0.39 is 16.2 Å². The van der Waals surface area contributed by atoms with Gasteiger partial charge in [0.05, 0.1) is 0 Å². The molecule has 1 rings (SSSR count). The summed E-state index contributed by atoms with van der Waals surface area (Å²) >= 11 is 0. The molecule has 0 bridgehead atoms. The van der Waals surface area contributed by atoms with Gasteiger partial charge in [-0.1, -0.05) is 13.3 Å². The maximum Gasteiger partial charge on any atom is 0.303 e. The molecule has 0 saturated carbocycles. The predicted octanol–water partition coefficient (Wildman–Crippen LogP) is 1.20. The first-order valence-electron chi connectivity index (χ1n) is 6.81. The average molecular weight is 292 g/mol. The first-order chi connectivity index (χ1) is 8.83. The highest BCUT2D eigenvalue weighted by molar-refractivity contribution is 7.87. The third kappa shape index (κ3) is 5.46. The molecule has 0 aromatic heterocycles. The zero-order chi connectivity index (χ0) is 14.5. The number of carboxylic acid groups (broad SMARTS) is 1. The van der Waals surface area contributed by atoms with Crippen molar-refractivity contribution < 1.29 is 18.3 Å². The molecular formula is C12H24N2O4S. The Morgan fingerprint density at radius 3 is 2.74 bits per heavy atom. The van der Waals surface area contributed by atoms with E-state index in [-0.39, 0.29) is 18.4 Å². The fourth-order valence-electron chi connectivity index (χ4n) is 2.23. The second kappa shape index (κ2) is 7.21. The summed E-state index contributed by atoms with van der Waals surface area (Å²) in [5.41, 5.74) is 0. The molecule has 0 spiro atoms. The Hall–Kier alpha value is -0.660. The van der Waals surface area contributed by atoms with Crippen LogP contribution in [0.25, 0.3) is 0 Å². The number of hydrogen-bond donors (Lipinski definition) is 2. The Balaban J connectivity index is 2.43. The van der Waals surface area contributed by atoms with Crippen LogP contribution >= 0.6 is 0 Å². The first kappa shape index (κ1) is 16.4. The topological polar surface area (TPSA) is 86.7 Å². The largest absolute Gasteiger partial charge is 0.481 e. The van der Waals surface area contributed by atoms with Crippen molar-refractivity contribution in [2.24, 2.45) is 5.92 Å². The van der Waals surface area contributed by atoms with Crippen molar-refractivity contribution in [3.05, 3.63) is 0 Å². The van der Waals surface area contributed by atoms with Gasteiger partial charge in [-0.3, -0.25) is 4.79 Å². The number of aliphatic carboxylic acids is 1. The van der Waals surface area contributed by atoms with Crippen LogP contribution in [0, 0.1) is 5.92 Å². The van der Waals surface area contributed by atoms with Crippen LogP contribution in [0.2, 0.25) is 0 Å². The van der Waals surface area contributed by atoms with Gasteiger partial charge in [-0.15, -0.1) is 0 Å². The Labute approximate surface area is 115 Å². The van der Waals surface area contributed by atoms with Gasteiger partial charge in [0.15, 0.2) is 0 Å². The first-order valence-corrected chi connectivity index (χ1v) is 8.25. The van der Waals surface area contributed by atoms with E-state index in [2.05, 4.69) is 4.72 Å². The SMILES string of the molecule is CC(CCC(=O)O)CNS(=O)(=O)N1CCCCC1C. The molecule has 7 heteroatoms. The molecule has 1 aliphatic heterocycles. The monoisotopic (exact) mass is 292 g/mol. The molecule has 6 nitrogen and oxygen atoms in total. The molecular weight excluding hydrogens is 268 g/mol. The van der Waals surface area contributed by atoms with E-state index in [0.717, 1.165) is 19.3 Å². The van der Waals surface area contributed by atoms with Crippen molar-refractivity contribution >= 4 is 16.2 Å². The van der Waals surface area contributed by atoms with Gasteiger partial charge < -0.3 is 5.11 Å². The van der Waals surface area contributed by atoms with Crippen LogP contribution in [-0.2, 0) is 15.0 Å². The smallest absolute Gasteiger partial charge is 0.303 e. The van der Waals surface area contributed by atoms with Crippen molar-refractivity contribution in [1.82, 2.24) is 9.03 Å². The minimum absolute atomic E-state index is 0.0194. The fourth-order valence-corrected chi connectivity index (χ4v) is 3.84. The van der Waals surface area contributed by atoms with Crippen molar-refractivity contribution in [2.75, 3.05) is 13.1 Å². The second-order valence-electron chi connectivity index (χ2n) is 5.35. The Bertz CT molecular complexity index is 397. The maximum atomic E-state index is 12.1. The standard InChI is InChI=1S/C12H24N2O4S/c1-10(6-7-12(15)16)9-13-19(17,18)14-8-4-3-5-11(14)2/h10-11,13H,3-9H2,1-2H3,(H,15,16). The third-order valence-corrected chi connectivity index (χ3v) is 5.21. The van der Waals surface area contributed by atoms with Gasteiger partial charge in [-0.2, -0.15) is 12.7 Å². The van der Waals surface area contributed by atoms with E-state index in [9.17, 15) is 13.2 Å². The molecule has 1 fully saturated rings. The molecule has 0 radical (unpaired) electrons. The van der Waals surface area contributed by atoms with Crippen LogP contribution < -0.4 is 4.72 Å². The number of nitrogens with one attached hydrogen (secondary N) is 1. The number of carboxylic acids is 1. The van der Waals surface area contributed by atoms with Gasteiger partial charge in [0.1, 0.15) is 0 Å². The van der Waals surface area contributed by atoms with E-state index in [4.69, 9.17) is 5.11 Å². The molecule has 0 aliphatic carbocycles. The van der Waals surface area contributed by atoms with Gasteiger partial charge in [-0.05, 0) is 32.1 Å². The van der Waals surface area contributed by atoms with E-state index >= 15 is 0 Å². The molecule has 0 amide bonds. The molecule has 2 atom stereocenters. The predicted molar refractivity (Wildman–Crippen MR) is 73.0 cm³/mol. The average Bonchev–Trinajstić information content (AvgIpc) is 2.34. The lowest BCUT2D eigenvalue weighted by atomic mass is 10.1. The van der Waals surface area contributed by atoms with Gasteiger partial charge in [-0.25, -0.2) is 4.72 Å².